The van der Waals surface area contributed by atoms with E-state index in [0.29, 0.717) is 5.88 Å². The molecule has 1 aromatic heterocycles. The first kappa shape index (κ1) is 9.47. The number of nitrogen functional groups attached to an aromatic ring is 1. The van der Waals surface area contributed by atoms with Crippen molar-refractivity contribution in [1.29, 1.82) is 0 Å². The zero-order chi connectivity index (χ0) is 9.84. The first-order valence-electron chi connectivity index (χ1n) is 3.62. The Morgan fingerprint density at radius 1 is 1.77 bits per heavy atom. The average molecular weight is 182 g/mol. The van der Waals surface area contributed by atoms with Crippen LogP contribution in [0, 0.1) is 0 Å². The van der Waals surface area contributed by atoms with E-state index in [4.69, 9.17) is 15.6 Å². The summed E-state index contributed by atoms with van der Waals surface area (Å²) in [6.45, 7) is -0.572. The van der Waals surface area contributed by atoms with E-state index in [9.17, 15) is 4.79 Å². The number of aliphatic hydroxyl groups excluding tert-OH is 1. The number of aromatic nitrogens is 1. The van der Waals surface area contributed by atoms with E-state index in [-0.39, 0.29) is 11.3 Å². The fourth-order valence-corrected chi connectivity index (χ4v) is 0.885. The minimum absolute atomic E-state index is 0.231. The molecule has 0 fully saturated rings. The van der Waals surface area contributed by atoms with Gasteiger partial charge in [0, 0.05) is 11.6 Å². The molecule has 0 saturated carbocycles. The first-order valence-corrected chi connectivity index (χ1v) is 3.62. The van der Waals surface area contributed by atoms with Crippen LogP contribution in [-0.2, 0) is 0 Å². The predicted molar refractivity (Wildman–Crippen MR) is 46.6 cm³/mol. The Kier molecular flexibility index (Phi) is 2.81. The molecule has 0 aliphatic carbocycles. The summed E-state index contributed by atoms with van der Waals surface area (Å²) >= 11 is 0. The van der Waals surface area contributed by atoms with Crippen molar-refractivity contribution in [2.24, 2.45) is 0 Å². The smallest absolute Gasteiger partial charge is 0.213 e. The van der Waals surface area contributed by atoms with Crippen molar-refractivity contribution in [2.45, 2.75) is 0 Å². The van der Waals surface area contributed by atoms with Crippen molar-refractivity contribution in [1.82, 2.24) is 4.98 Å². The van der Waals surface area contributed by atoms with Gasteiger partial charge in [-0.2, -0.15) is 0 Å². The van der Waals surface area contributed by atoms with E-state index in [2.05, 4.69) is 4.98 Å². The van der Waals surface area contributed by atoms with Crippen LogP contribution in [0.1, 0.15) is 10.4 Å². The van der Waals surface area contributed by atoms with Gasteiger partial charge in [-0.05, 0) is 0 Å². The number of carbonyl (C=O) groups excluding carboxylic acids is 1. The molecule has 1 rings (SSSR count). The topological polar surface area (TPSA) is 85.4 Å². The third kappa shape index (κ3) is 1.94. The molecule has 0 spiro atoms. The first-order chi connectivity index (χ1) is 6.19. The number of ether oxygens (including phenoxy) is 1. The van der Waals surface area contributed by atoms with Crippen LogP contribution >= 0.6 is 0 Å². The molecule has 0 bridgehead atoms. The van der Waals surface area contributed by atoms with Gasteiger partial charge >= 0.3 is 0 Å². The number of pyridine rings is 1. The molecule has 0 saturated heterocycles. The lowest BCUT2D eigenvalue weighted by molar-refractivity contribution is 0.0904. The van der Waals surface area contributed by atoms with Crippen LogP contribution in [0.25, 0.3) is 0 Å². The number of nitrogens with two attached hydrogens (primary N) is 1. The molecule has 1 heterocycles. The molecule has 0 amide bonds. The zero-order valence-corrected chi connectivity index (χ0v) is 7.15. The number of rotatable bonds is 3. The summed E-state index contributed by atoms with van der Waals surface area (Å²) in [5.41, 5.74) is 5.94. The number of hydrogen-bond acceptors (Lipinski definition) is 5. The summed E-state index contributed by atoms with van der Waals surface area (Å²) in [4.78, 5) is 14.9. The van der Waals surface area contributed by atoms with Crippen molar-refractivity contribution in [3.05, 3.63) is 17.8 Å². The maximum atomic E-state index is 11.1. The van der Waals surface area contributed by atoms with Crippen LogP contribution in [0.2, 0.25) is 0 Å². The molecular weight excluding hydrogens is 172 g/mol. The van der Waals surface area contributed by atoms with E-state index in [1.165, 1.54) is 19.4 Å². The molecule has 0 aliphatic rings. The number of methoxy groups -OCH3 is 1. The fraction of sp³-hybridized carbons (Fsp3) is 0.250. The maximum absolute atomic E-state index is 11.1. The second kappa shape index (κ2) is 3.86. The third-order valence-electron chi connectivity index (χ3n) is 1.56. The molecule has 0 aromatic carbocycles. The van der Waals surface area contributed by atoms with Crippen molar-refractivity contribution in [3.8, 4) is 5.88 Å². The maximum Gasteiger partial charge on any atom is 0.213 e. The monoisotopic (exact) mass is 182 g/mol. The molecule has 1 aromatic rings. The minimum atomic E-state index is -0.572. The highest BCUT2D eigenvalue weighted by molar-refractivity contribution is 6.01. The second-order valence-corrected chi connectivity index (χ2v) is 2.40. The lowest BCUT2D eigenvalue weighted by Crippen LogP contribution is -2.08. The Labute approximate surface area is 75.2 Å². The highest BCUT2D eigenvalue weighted by Crippen LogP contribution is 2.16. The Morgan fingerprint density at radius 2 is 2.46 bits per heavy atom. The Balaban J connectivity index is 3.11. The Bertz CT molecular complexity index is 325. The van der Waals surface area contributed by atoms with Gasteiger partial charge in [-0.3, -0.25) is 4.79 Å². The number of aliphatic hydroxyl groups is 1. The number of anilines is 1. The summed E-state index contributed by atoms with van der Waals surface area (Å²) in [6, 6.07) is 1.40. The number of Topliss-reactive ketones (excluding diaryl/α,β-unsaturated/α-hetero) is 1. The van der Waals surface area contributed by atoms with Gasteiger partial charge in [-0.1, -0.05) is 0 Å². The van der Waals surface area contributed by atoms with Gasteiger partial charge in [0.25, 0.3) is 0 Å². The van der Waals surface area contributed by atoms with Crippen molar-refractivity contribution in [3.63, 3.8) is 0 Å². The van der Waals surface area contributed by atoms with Gasteiger partial charge in [0.2, 0.25) is 5.88 Å². The van der Waals surface area contributed by atoms with Crippen LogP contribution in [-0.4, -0.2) is 29.6 Å². The SMILES string of the molecule is COc1cc(C(=O)CO)c(N)cn1. The number of nitrogens with zero attached hydrogens (tertiary/aromatic N) is 1. The van der Waals surface area contributed by atoms with Crippen LogP contribution in [0.4, 0.5) is 5.69 Å². The van der Waals surface area contributed by atoms with E-state index in [1.807, 2.05) is 0 Å². The number of hydrogen-bond donors (Lipinski definition) is 2. The van der Waals surface area contributed by atoms with Crippen LogP contribution < -0.4 is 10.5 Å². The standard InChI is InChI=1S/C8H10N2O3/c1-13-8-2-5(7(12)4-11)6(9)3-10-8/h2-3,11H,4,9H2,1H3. The Morgan fingerprint density at radius 3 is 3.00 bits per heavy atom. The minimum Gasteiger partial charge on any atom is -0.481 e. The summed E-state index contributed by atoms with van der Waals surface area (Å²) in [7, 11) is 1.44. The highest BCUT2D eigenvalue weighted by atomic mass is 16.5. The van der Waals surface area contributed by atoms with Gasteiger partial charge < -0.3 is 15.6 Å². The van der Waals surface area contributed by atoms with Crippen molar-refractivity contribution in [2.75, 3.05) is 19.5 Å². The highest BCUT2D eigenvalue weighted by Gasteiger charge is 2.10. The van der Waals surface area contributed by atoms with E-state index >= 15 is 0 Å². The predicted octanol–water partition coefficient (Wildman–Crippen LogP) is -0.153. The second-order valence-electron chi connectivity index (χ2n) is 2.40. The van der Waals surface area contributed by atoms with Gasteiger partial charge in [-0.25, -0.2) is 4.98 Å². The van der Waals surface area contributed by atoms with Crippen LogP contribution in [0.3, 0.4) is 0 Å². The molecule has 0 aliphatic heterocycles. The van der Waals surface area contributed by atoms with Crippen LogP contribution in [0.5, 0.6) is 5.88 Å². The van der Waals surface area contributed by atoms with E-state index in [1.54, 1.807) is 0 Å². The van der Waals surface area contributed by atoms with Crippen molar-refractivity contribution < 1.29 is 14.6 Å². The lowest BCUT2D eigenvalue weighted by Gasteiger charge is -2.04. The molecule has 0 unspecified atom stereocenters. The summed E-state index contributed by atoms with van der Waals surface area (Å²) in [5.74, 6) is -0.149. The Hall–Kier alpha value is -1.62. The van der Waals surface area contributed by atoms with Gasteiger partial charge in [-0.15, -0.1) is 0 Å². The van der Waals surface area contributed by atoms with Gasteiger partial charge in [0.1, 0.15) is 6.61 Å². The zero-order valence-electron chi connectivity index (χ0n) is 7.15. The number of ketones is 1. The van der Waals surface area contributed by atoms with Crippen molar-refractivity contribution >= 4 is 11.5 Å². The quantitative estimate of drug-likeness (QED) is 0.635. The summed E-state index contributed by atoms with van der Waals surface area (Å²) < 4.78 is 4.80. The van der Waals surface area contributed by atoms with Crippen LogP contribution in [0.15, 0.2) is 12.3 Å². The average Bonchev–Trinajstić information content (AvgIpc) is 2.17. The molecular formula is C8H10N2O3. The molecule has 0 radical (unpaired) electrons. The molecule has 13 heavy (non-hydrogen) atoms. The van der Waals surface area contributed by atoms with Gasteiger partial charge in [0.15, 0.2) is 5.78 Å². The normalized spacial score (nSPS) is 9.69. The summed E-state index contributed by atoms with van der Waals surface area (Å²) in [5, 5.41) is 8.61. The molecule has 3 N–H and O–H groups in total. The molecule has 0 atom stereocenters. The largest absolute Gasteiger partial charge is 0.481 e. The number of carbonyl (C=O) groups is 1. The lowest BCUT2D eigenvalue weighted by atomic mass is 10.1. The van der Waals surface area contributed by atoms with E-state index < -0.39 is 12.4 Å². The third-order valence-corrected chi connectivity index (χ3v) is 1.56. The fourth-order valence-electron chi connectivity index (χ4n) is 0.885. The molecule has 5 heteroatoms. The van der Waals surface area contributed by atoms with E-state index in [0.717, 1.165) is 0 Å². The molecule has 70 valence electrons. The summed E-state index contributed by atoms with van der Waals surface area (Å²) in [6.07, 6.45) is 1.32. The van der Waals surface area contributed by atoms with Gasteiger partial charge in [0.05, 0.1) is 19.0 Å². The molecule has 5 nitrogen and oxygen atoms in total.